The minimum atomic E-state index is -4.29. The van der Waals surface area contributed by atoms with Crippen molar-refractivity contribution in [3.63, 3.8) is 0 Å². The van der Waals surface area contributed by atoms with Gasteiger partial charge in [-0.15, -0.1) is 0 Å². The van der Waals surface area contributed by atoms with Gasteiger partial charge in [-0.3, -0.25) is 0 Å². The van der Waals surface area contributed by atoms with Crippen molar-refractivity contribution in [2.75, 3.05) is 6.61 Å². The Morgan fingerprint density at radius 3 is 2.54 bits per heavy atom. The Kier molecular flexibility index (Phi) is 3.18. The fraction of sp³-hybridized carbons (Fsp3) is 1.00. The van der Waals surface area contributed by atoms with E-state index in [0.717, 1.165) is 6.92 Å². The van der Waals surface area contributed by atoms with Gasteiger partial charge in [0.25, 0.3) is 0 Å². The standard InChI is InChI=1S/C8H13F3O2/c1-5(8(9,10)11)7-6(12)3-2-4-13-7/h5-7,12H,2-4H2,1H3/t5?,6-,7?/m0/s1. The molecule has 1 aliphatic heterocycles. The summed E-state index contributed by atoms with van der Waals surface area (Å²) in [6.45, 7) is 1.35. The quantitative estimate of drug-likeness (QED) is 0.695. The number of aliphatic hydroxyl groups excluding tert-OH is 1. The average molecular weight is 198 g/mol. The van der Waals surface area contributed by atoms with Gasteiger partial charge in [-0.1, -0.05) is 6.92 Å². The van der Waals surface area contributed by atoms with Crippen molar-refractivity contribution in [3.05, 3.63) is 0 Å². The monoisotopic (exact) mass is 198 g/mol. The third-order valence-corrected chi connectivity index (χ3v) is 2.34. The number of ether oxygens (including phenoxy) is 1. The molecular weight excluding hydrogens is 185 g/mol. The van der Waals surface area contributed by atoms with Gasteiger partial charge in [-0.05, 0) is 12.8 Å². The van der Waals surface area contributed by atoms with E-state index in [1.165, 1.54) is 0 Å². The zero-order valence-electron chi connectivity index (χ0n) is 7.34. The van der Waals surface area contributed by atoms with E-state index < -0.39 is 24.3 Å². The topological polar surface area (TPSA) is 29.5 Å². The van der Waals surface area contributed by atoms with Crippen LogP contribution in [0, 0.1) is 5.92 Å². The Labute approximate surface area is 74.7 Å². The van der Waals surface area contributed by atoms with Gasteiger partial charge in [0.15, 0.2) is 0 Å². The van der Waals surface area contributed by atoms with Gasteiger partial charge in [-0.2, -0.15) is 13.2 Å². The second-order valence-corrected chi connectivity index (χ2v) is 3.38. The van der Waals surface area contributed by atoms with Crippen molar-refractivity contribution in [2.45, 2.75) is 38.1 Å². The van der Waals surface area contributed by atoms with Crippen LogP contribution in [0.2, 0.25) is 0 Å². The maximum absolute atomic E-state index is 12.2. The van der Waals surface area contributed by atoms with Crippen LogP contribution in [0.4, 0.5) is 13.2 Å². The van der Waals surface area contributed by atoms with Gasteiger partial charge < -0.3 is 9.84 Å². The fourth-order valence-corrected chi connectivity index (χ4v) is 1.45. The van der Waals surface area contributed by atoms with Gasteiger partial charge in [0.1, 0.15) is 0 Å². The van der Waals surface area contributed by atoms with Gasteiger partial charge in [0, 0.05) is 6.61 Å². The zero-order valence-corrected chi connectivity index (χ0v) is 7.34. The molecule has 13 heavy (non-hydrogen) atoms. The molecule has 1 aliphatic rings. The first-order chi connectivity index (χ1) is 5.93. The SMILES string of the molecule is CC(C1OCCC[C@@H]1O)C(F)(F)F. The molecule has 1 heterocycles. The van der Waals surface area contributed by atoms with Crippen LogP contribution in [-0.2, 0) is 4.74 Å². The molecule has 2 nitrogen and oxygen atoms in total. The van der Waals surface area contributed by atoms with Gasteiger partial charge >= 0.3 is 6.18 Å². The summed E-state index contributed by atoms with van der Waals surface area (Å²) < 4.78 is 41.6. The number of aliphatic hydroxyl groups is 1. The molecule has 0 amide bonds. The van der Waals surface area contributed by atoms with Crippen LogP contribution >= 0.6 is 0 Å². The Bertz CT molecular complexity index is 169. The molecule has 0 aromatic rings. The highest BCUT2D eigenvalue weighted by atomic mass is 19.4. The van der Waals surface area contributed by atoms with Crippen molar-refractivity contribution in [1.82, 2.24) is 0 Å². The minimum Gasteiger partial charge on any atom is -0.390 e. The van der Waals surface area contributed by atoms with Crippen LogP contribution in [0.15, 0.2) is 0 Å². The van der Waals surface area contributed by atoms with Crippen molar-refractivity contribution >= 4 is 0 Å². The minimum absolute atomic E-state index is 0.308. The number of alkyl halides is 3. The van der Waals surface area contributed by atoms with E-state index in [1.54, 1.807) is 0 Å². The van der Waals surface area contributed by atoms with Crippen molar-refractivity contribution in [1.29, 1.82) is 0 Å². The van der Waals surface area contributed by atoms with Crippen molar-refractivity contribution in [3.8, 4) is 0 Å². The van der Waals surface area contributed by atoms with Crippen molar-refractivity contribution in [2.24, 2.45) is 5.92 Å². The highest BCUT2D eigenvalue weighted by Crippen LogP contribution is 2.33. The van der Waals surface area contributed by atoms with E-state index >= 15 is 0 Å². The molecule has 78 valence electrons. The van der Waals surface area contributed by atoms with Crippen LogP contribution in [0.5, 0.6) is 0 Å². The summed E-state index contributed by atoms with van der Waals surface area (Å²) in [6.07, 6.45) is -5.34. The molecule has 0 bridgehead atoms. The van der Waals surface area contributed by atoms with E-state index in [9.17, 15) is 18.3 Å². The van der Waals surface area contributed by atoms with Gasteiger partial charge in [0.05, 0.1) is 18.1 Å². The Balaban J connectivity index is 2.58. The lowest BCUT2D eigenvalue weighted by Gasteiger charge is -2.33. The molecule has 2 unspecified atom stereocenters. The first-order valence-electron chi connectivity index (χ1n) is 4.29. The predicted molar refractivity (Wildman–Crippen MR) is 40.2 cm³/mol. The Morgan fingerprint density at radius 1 is 1.46 bits per heavy atom. The van der Waals surface area contributed by atoms with Crippen molar-refractivity contribution < 1.29 is 23.0 Å². The van der Waals surface area contributed by atoms with E-state index in [4.69, 9.17) is 4.74 Å². The maximum atomic E-state index is 12.2. The summed E-state index contributed by atoms with van der Waals surface area (Å²) in [5, 5.41) is 9.28. The molecule has 1 fully saturated rings. The lowest BCUT2D eigenvalue weighted by molar-refractivity contribution is -0.224. The van der Waals surface area contributed by atoms with Crippen LogP contribution < -0.4 is 0 Å². The number of halogens is 3. The van der Waals surface area contributed by atoms with Crippen LogP contribution in [-0.4, -0.2) is 30.1 Å². The summed E-state index contributed by atoms with van der Waals surface area (Å²) in [7, 11) is 0. The first-order valence-corrected chi connectivity index (χ1v) is 4.29. The highest BCUT2D eigenvalue weighted by Gasteiger charge is 2.45. The summed E-state index contributed by atoms with van der Waals surface area (Å²) in [5.74, 6) is -1.59. The molecule has 0 radical (unpaired) electrons. The third-order valence-electron chi connectivity index (χ3n) is 2.34. The molecule has 0 aliphatic carbocycles. The van der Waals surface area contributed by atoms with Crippen LogP contribution in [0.3, 0.4) is 0 Å². The predicted octanol–water partition coefficient (Wildman–Crippen LogP) is 1.72. The molecule has 1 saturated heterocycles. The van der Waals surface area contributed by atoms with E-state index in [2.05, 4.69) is 0 Å². The zero-order chi connectivity index (χ0) is 10.1. The van der Waals surface area contributed by atoms with E-state index in [-0.39, 0.29) is 0 Å². The molecule has 0 aromatic heterocycles. The highest BCUT2D eigenvalue weighted by molar-refractivity contribution is 4.81. The molecule has 3 atom stereocenters. The van der Waals surface area contributed by atoms with Gasteiger partial charge in [0.2, 0.25) is 0 Å². The second kappa shape index (κ2) is 3.84. The maximum Gasteiger partial charge on any atom is 0.394 e. The fourth-order valence-electron chi connectivity index (χ4n) is 1.45. The molecule has 1 rings (SSSR count). The largest absolute Gasteiger partial charge is 0.394 e. The second-order valence-electron chi connectivity index (χ2n) is 3.38. The molecule has 0 saturated carbocycles. The van der Waals surface area contributed by atoms with E-state index in [0.29, 0.717) is 19.4 Å². The lowest BCUT2D eigenvalue weighted by Crippen LogP contribution is -2.44. The number of hydrogen-bond donors (Lipinski definition) is 1. The molecule has 1 N–H and O–H groups in total. The van der Waals surface area contributed by atoms with Crippen LogP contribution in [0.1, 0.15) is 19.8 Å². The lowest BCUT2D eigenvalue weighted by atomic mass is 9.94. The molecule has 5 heteroatoms. The number of hydrogen-bond acceptors (Lipinski definition) is 2. The Morgan fingerprint density at radius 2 is 2.08 bits per heavy atom. The smallest absolute Gasteiger partial charge is 0.390 e. The van der Waals surface area contributed by atoms with Crippen LogP contribution in [0.25, 0.3) is 0 Å². The average Bonchev–Trinajstić information content (AvgIpc) is 2.02. The number of rotatable bonds is 1. The molecule has 0 aromatic carbocycles. The first kappa shape index (κ1) is 10.8. The summed E-state index contributed by atoms with van der Waals surface area (Å²) in [6, 6.07) is 0. The summed E-state index contributed by atoms with van der Waals surface area (Å²) >= 11 is 0. The summed E-state index contributed by atoms with van der Waals surface area (Å²) in [5.41, 5.74) is 0. The molecule has 0 spiro atoms. The third kappa shape index (κ3) is 2.57. The summed E-state index contributed by atoms with van der Waals surface area (Å²) in [4.78, 5) is 0. The van der Waals surface area contributed by atoms with E-state index in [1.807, 2.05) is 0 Å². The Hall–Kier alpha value is -0.290. The normalized spacial score (nSPS) is 33.0. The molecular formula is C8H13F3O2. The van der Waals surface area contributed by atoms with Gasteiger partial charge in [-0.25, -0.2) is 0 Å².